The number of nitrogens with one attached hydrogen (secondary N) is 1. The average molecular weight is 348 g/mol. The Morgan fingerprint density at radius 1 is 1.17 bits per heavy atom. The highest BCUT2D eigenvalue weighted by atomic mass is 35.5. The molecule has 0 bridgehead atoms. The van der Waals surface area contributed by atoms with Crippen molar-refractivity contribution in [2.45, 2.75) is 6.54 Å². The second-order valence-electron chi connectivity index (χ2n) is 5.34. The molecule has 3 rings (SSSR count). The summed E-state index contributed by atoms with van der Waals surface area (Å²) in [7, 11) is 1.67. The molecule has 1 saturated heterocycles. The summed E-state index contributed by atoms with van der Waals surface area (Å²) in [6.07, 6.45) is 0. The molecule has 1 fully saturated rings. The van der Waals surface area contributed by atoms with Gasteiger partial charge in [0, 0.05) is 6.54 Å². The van der Waals surface area contributed by atoms with Gasteiger partial charge in [-0.2, -0.15) is 0 Å². The van der Waals surface area contributed by atoms with E-state index in [1.54, 1.807) is 7.11 Å². The Kier molecular flexibility index (Phi) is 5.00. The Morgan fingerprint density at radius 3 is 2.61 bits per heavy atom. The molecule has 120 valence electrons. The van der Waals surface area contributed by atoms with Gasteiger partial charge in [0.1, 0.15) is 5.75 Å². The monoisotopic (exact) mass is 347 g/mol. The van der Waals surface area contributed by atoms with E-state index >= 15 is 0 Å². The molecular weight excluding hydrogens is 330 g/mol. The van der Waals surface area contributed by atoms with Crippen LogP contribution in [0, 0.1) is 0 Å². The van der Waals surface area contributed by atoms with Crippen LogP contribution >= 0.6 is 23.8 Å². The van der Waals surface area contributed by atoms with E-state index in [0.29, 0.717) is 23.5 Å². The summed E-state index contributed by atoms with van der Waals surface area (Å²) in [5.41, 5.74) is 2.14. The molecule has 4 nitrogen and oxygen atoms in total. The van der Waals surface area contributed by atoms with E-state index in [9.17, 15) is 0 Å². The molecule has 0 aromatic heterocycles. The van der Waals surface area contributed by atoms with Crippen molar-refractivity contribution >= 4 is 34.6 Å². The Bertz CT molecular complexity index is 692. The average Bonchev–Trinajstić information content (AvgIpc) is 2.58. The van der Waals surface area contributed by atoms with Crippen LogP contribution in [0.2, 0.25) is 5.02 Å². The first kappa shape index (κ1) is 16.1. The van der Waals surface area contributed by atoms with Gasteiger partial charge in [0.2, 0.25) is 0 Å². The molecule has 2 aromatic carbocycles. The van der Waals surface area contributed by atoms with Gasteiger partial charge >= 0.3 is 0 Å². The number of nitrogens with zero attached hydrogens (tertiary/aromatic N) is 2. The van der Waals surface area contributed by atoms with Gasteiger partial charge in [0.05, 0.1) is 31.2 Å². The quantitative estimate of drug-likeness (QED) is 0.855. The summed E-state index contributed by atoms with van der Waals surface area (Å²) in [4.78, 5) is 4.28. The van der Waals surface area contributed by atoms with Crippen molar-refractivity contribution in [3.63, 3.8) is 0 Å². The van der Waals surface area contributed by atoms with Crippen LogP contribution in [0.4, 0.5) is 5.69 Å². The normalized spacial score (nSPS) is 15.4. The molecule has 1 heterocycles. The van der Waals surface area contributed by atoms with Crippen LogP contribution in [0.25, 0.3) is 0 Å². The Hall–Kier alpha value is -1.82. The fourth-order valence-corrected chi connectivity index (χ4v) is 3.00. The molecule has 0 amide bonds. The molecule has 1 aliphatic rings. The molecule has 0 spiro atoms. The van der Waals surface area contributed by atoms with E-state index in [0.717, 1.165) is 18.0 Å². The molecule has 0 radical (unpaired) electrons. The number of benzene rings is 2. The molecule has 2 aromatic rings. The fraction of sp³-hybridized carbons (Fsp3) is 0.235. The number of ether oxygens (including phenoxy) is 1. The van der Waals surface area contributed by atoms with Crippen LogP contribution in [0.5, 0.6) is 5.75 Å². The number of methoxy groups -OCH3 is 1. The highest BCUT2D eigenvalue weighted by Gasteiger charge is 2.23. The summed E-state index contributed by atoms with van der Waals surface area (Å²) >= 11 is 11.7. The fourth-order valence-electron chi connectivity index (χ4n) is 2.54. The van der Waals surface area contributed by atoms with Gasteiger partial charge < -0.3 is 15.0 Å². The van der Waals surface area contributed by atoms with Crippen LogP contribution in [0.3, 0.4) is 0 Å². The third-order valence-corrected chi connectivity index (χ3v) is 4.43. The van der Waals surface area contributed by atoms with Gasteiger partial charge in [-0.1, -0.05) is 35.9 Å². The van der Waals surface area contributed by atoms with Crippen molar-refractivity contribution in [3.05, 3.63) is 59.1 Å². The third-order valence-electron chi connectivity index (χ3n) is 3.75. The lowest BCUT2D eigenvalue weighted by Crippen LogP contribution is -2.56. The molecule has 23 heavy (non-hydrogen) atoms. The zero-order valence-electron chi connectivity index (χ0n) is 12.8. The van der Waals surface area contributed by atoms with E-state index in [1.807, 2.05) is 41.3 Å². The van der Waals surface area contributed by atoms with Crippen molar-refractivity contribution in [1.29, 1.82) is 0 Å². The van der Waals surface area contributed by atoms with Crippen LogP contribution in [0.1, 0.15) is 5.56 Å². The summed E-state index contributed by atoms with van der Waals surface area (Å²) < 4.78 is 5.20. The van der Waals surface area contributed by atoms with E-state index in [2.05, 4.69) is 22.3 Å². The number of thiocarbonyl (C=S) groups is 1. The predicted octanol–water partition coefficient (Wildman–Crippen LogP) is 3.46. The topological polar surface area (TPSA) is 27.7 Å². The van der Waals surface area contributed by atoms with E-state index < -0.39 is 0 Å². The molecule has 1 N–H and O–H groups in total. The number of hydrogen-bond donors (Lipinski definition) is 1. The number of hydrogen-bond acceptors (Lipinski definition) is 3. The third kappa shape index (κ3) is 3.75. The molecular formula is C17H18ClN3OS. The van der Waals surface area contributed by atoms with Crippen LogP contribution in [-0.4, -0.2) is 30.5 Å². The lowest BCUT2D eigenvalue weighted by molar-refractivity contribution is 0.252. The molecule has 1 aliphatic heterocycles. The summed E-state index contributed by atoms with van der Waals surface area (Å²) in [5.74, 6) is 0.865. The number of halogens is 1. The Labute approximate surface area is 146 Å². The molecule has 0 atom stereocenters. The van der Waals surface area contributed by atoms with Gasteiger partial charge in [-0.05, 0) is 42.0 Å². The first-order valence-corrected chi connectivity index (χ1v) is 8.11. The molecule has 0 saturated carbocycles. The van der Waals surface area contributed by atoms with Crippen molar-refractivity contribution < 1.29 is 4.74 Å². The smallest absolute Gasteiger partial charge is 0.175 e. The minimum Gasteiger partial charge on any atom is -0.497 e. The standard InChI is InChI=1S/C17H18ClN3OS/c1-22-14-8-6-13(7-9-14)10-20-11-19-17(23)21(12-20)16-5-3-2-4-15(16)18/h2-9H,10-12H2,1H3,(H,19,23). The van der Waals surface area contributed by atoms with Crippen LogP contribution < -0.4 is 15.0 Å². The maximum Gasteiger partial charge on any atom is 0.175 e. The van der Waals surface area contributed by atoms with Crippen LogP contribution in [-0.2, 0) is 6.54 Å². The summed E-state index contributed by atoms with van der Waals surface area (Å²) in [6.45, 7) is 2.23. The SMILES string of the molecule is COc1ccc(CN2CNC(=S)N(c3ccccc3Cl)C2)cc1. The van der Waals surface area contributed by atoms with Gasteiger partial charge in [0.25, 0.3) is 0 Å². The van der Waals surface area contributed by atoms with Gasteiger partial charge in [-0.3, -0.25) is 4.90 Å². The summed E-state index contributed by atoms with van der Waals surface area (Å²) in [5, 5.41) is 4.65. The van der Waals surface area contributed by atoms with E-state index in [4.69, 9.17) is 28.6 Å². The Morgan fingerprint density at radius 2 is 1.91 bits per heavy atom. The lowest BCUT2D eigenvalue weighted by Gasteiger charge is -2.38. The second kappa shape index (κ2) is 7.17. The first-order valence-electron chi connectivity index (χ1n) is 7.32. The van der Waals surface area contributed by atoms with E-state index in [-0.39, 0.29) is 0 Å². The predicted molar refractivity (Wildman–Crippen MR) is 97.9 cm³/mol. The maximum absolute atomic E-state index is 6.30. The van der Waals surface area contributed by atoms with Gasteiger partial charge in [0.15, 0.2) is 5.11 Å². The Balaban J connectivity index is 1.72. The first-order chi connectivity index (χ1) is 11.2. The number of para-hydroxylation sites is 1. The van der Waals surface area contributed by atoms with Crippen molar-refractivity contribution in [2.75, 3.05) is 25.3 Å². The highest BCUT2D eigenvalue weighted by molar-refractivity contribution is 7.80. The second-order valence-corrected chi connectivity index (χ2v) is 6.13. The maximum atomic E-state index is 6.30. The van der Waals surface area contributed by atoms with Crippen molar-refractivity contribution in [2.24, 2.45) is 0 Å². The molecule has 0 unspecified atom stereocenters. The largest absolute Gasteiger partial charge is 0.497 e. The van der Waals surface area contributed by atoms with Gasteiger partial charge in [-0.25, -0.2) is 0 Å². The highest BCUT2D eigenvalue weighted by Crippen LogP contribution is 2.27. The molecule has 6 heteroatoms. The van der Waals surface area contributed by atoms with Crippen LogP contribution in [0.15, 0.2) is 48.5 Å². The van der Waals surface area contributed by atoms with E-state index in [1.165, 1.54) is 5.56 Å². The van der Waals surface area contributed by atoms with Crippen molar-refractivity contribution in [1.82, 2.24) is 10.2 Å². The van der Waals surface area contributed by atoms with Crippen molar-refractivity contribution in [3.8, 4) is 5.75 Å². The molecule has 0 aliphatic carbocycles. The minimum absolute atomic E-state index is 0.696. The zero-order chi connectivity index (χ0) is 16.2. The minimum atomic E-state index is 0.696. The number of rotatable bonds is 4. The summed E-state index contributed by atoms with van der Waals surface area (Å²) in [6, 6.07) is 15.8. The number of anilines is 1. The van der Waals surface area contributed by atoms with Gasteiger partial charge in [-0.15, -0.1) is 0 Å². The lowest BCUT2D eigenvalue weighted by atomic mass is 10.2. The zero-order valence-corrected chi connectivity index (χ0v) is 14.4.